The van der Waals surface area contributed by atoms with Gasteiger partial charge in [0.15, 0.2) is 0 Å². The second-order valence-corrected chi connectivity index (χ2v) is 1.34. The van der Waals surface area contributed by atoms with Crippen molar-refractivity contribution in [2.45, 2.75) is 0 Å². The minimum atomic E-state index is -4.67. The predicted molar refractivity (Wildman–Crippen MR) is 20.7 cm³/mol. The van der Waals surface area contributed by atoms with Crippen molar-refractivity contribution >= 4 is 20.1 Å². The van der Waals surface area contributed by atoms with Gasteiger partial charge in [-0.05, 0) is 0 Å². The third kappa shape index (κ3) is 229. The van der Waals surface area contributed by atoms with Crippen LogP contribution >= 0.6 is 9.69 Å². The molecule has 0 radical (unpaired) electrons. The van der Waals surface area contributed by atoms with Gasteiger partial charge >= 0.3 is 59.2 Å². The fourth-order valence-electron chi connectivity index (χ4n) is 0. The van der Waals surface area contributed by atoms with E-state index < -0.39 is 10.4 Å². The van der Waals surface area contributed by atoms with Crippen LogP contribution in [0.25, 0.3) is 0 Å². The second kappa shape index (κ2) is 17.1. The molecule has 0 spiro atoms. The zero-order valence-corrected chi connectivity index (χ0v) is 15.5. The van der Waals surface area contributed by atoms with E-state index in [1.54, 1.807) is 0 Å². The molecule has 0 fully saturated rings. The minimum absolute atomic E-state index is 0. The Morgan fingerprint density at radius 1 is 1.10 bits per heavy atom. The SMILES string of the molecule is O=S(=O)(O)O.[Cl][Zn].[O]=[Zn].[Zn]. The van der Waals surface area contributed by atoms with Crippen molar-refractivity contribution in [2.75, 3.05) is 0 Å². The first-order chi connectivity index (χ1) is 4.00. The van der Waals surface area contributed by atoms with Crippen molar-refractivity contribution in [1.82, 2.24) is 0 Å². The topological polar surface area (TPSA) is 91.7 Å². The van der Waals surface area contributed by atoms with Crippen LogP contribution in [0.2, 0.25) is 0 Å². The molecule has 0 saturated carbocycles. The van der Waals surface area contributed by atoms with Gasteiger partial charge in [-0.3, -0.25) is 9.11 Å². The van der Waals surface area contributed by atoms with E-state index >= 15 is 0 Å². The Kier molecular flexibility index (Phi) is 38.6. The second-order valence-electron chi connectivity index (χ2n) is 0.448. The first kappa shape index (κ1) is 22.6. The van der Waals surface area contributed by atoms with Crippen LogP contribution in [-0.4, -0.2) is 17.5 Å². The number of hydrogen-bond acceptors (Lipinski definition) is 3. The summed E-state index contributed by atoms with van der Waals surface area (Å²) in [6.07, 6.45) is 0. The number of halogens is 1. The summed E-state index contributed by atoms with van der Waals surface area (Å²) >= 11 is 0.972. The molecule has 0 aromatic carbocycles. The van der Waals surface area contributed by atoms with E-state index in [-0.39, 0.29) is 37.7 Å². The minimum Gasteiger partial charge on any atom is 0 e. The Morgan fingerprint density at radius 3 is 1.10 bits per heavy atom. The smallest absolute Gasteiger partial charge is 0 e. The van der Waals surface area contributed by atoms with Crippen molar-refractivity contribution in [3.8, 4) is 0 Å². The van der Waals surface area contributed by atoms with Gasteiger partial charge in [-0.1, -0.05) is 0 Å². The van der Waals surface area contributed by atoms with Crippen molar-refractivity contribution in [3.05, 3.63) is 0 Å². The summed E-state index contributed by atoms with van der Waals surface area (Å²) < 4.78 is 40.0. The van der Waals surface area contributed by atoms with E-state index in [1.807, 2.05) is 0 Å². The van der Waals surface area contributed by atoms with E-state index in [2.05, 4.69) is 0 Å². The average Bonchev–Trinajstić information content (AvgIpc) is 1.72. The fourth-order valence-corrected chi connectivity index (χ4v) is 0. The summed E-state index contributed by atoms with van der Waals surface area (Å²) in [6.45, 7) is 0. The molecule has 0 heterocycles. The molecule has 51 valence electrons. The molecule has 0 aromatic heterocycles. The Bertz CT molecular complexity index is 111. The van der Waals surface area contributed by atoms with Crippen molar-refractivity contribution in [1.29, 1.82) is 0 Å². The molecule has 5 nitrogen and oxygen atoms in total. The largest absolute Gasteiger partial charge is 0 e. The van der Waals surface area contributed by atoms with Gasteiger partial charge in [-0.15, -0.1) is 0 Å². The Morgan fingerprint density at radius 2 is 1.10 bits per heavy atom. The number of hydrogen-bond donors (Lipinski definition) is 2. The van der Waals surface area contributed by atoms with Gasteiger partial charge in [0.1, 0.15) is 0 Å². The molecule has 0 aliphatic rings. The molecule has 0 atom stereocenters. The Balaban J connectivity index is -0.0000000315. The number of rotatable bonds is 0. The third-order valence-corrected chi connectivity index (χ3v) is 0. The van der Waals surface area contributed by atoms with E-state index in [0.29, 0.717) is 0 Å². The summed E-state index contributed by atoms with van der Waals surface area (Å²) in [6, 6.07) is 0. The molecule has 10 heteroatoms. The van der Waals surface area contributed by atoms with E-state index in [0.717, 1.165) is 17.3 Å². The van der Waals surface area contributed by atoms with E-state index in [4.69, 9.17) is 30.8 Å². The van der Waals surface area contributed by atoms with Crippen LogP contribution in [0.5, 0.6) is 0 Å². The first-order valence-electron chi connectivity index (χ1n) is 1.25. The molecule has 0 rings (SSSR count). The molecule has 0 aliphatic heterocycles. The van der Waals surface area contributed by atoms with Gasteiger partial charge in [0.25, 0.3) is 0 Å². The maximum absolute atomic E-state index is 8.74. The van der Waals surface area contributed by atoms with Gasteiger partial charge in [0, 0.05) is 19.5 Å². The van der Waals surface area contributed by atoms with Crippen molar-refractivity contribution in [2.24, 2.45) is 0 Å². The van der Waals surface area contributed by atoms with Crippen LogP contribution in [0.15, 0.2) is 0 Å². The normalized spacial score (nSPS) is 7.10. The predicted octanol–water partition coefficient (Wildman–Crippen LogP) is -0.0896. The molecule has 2 N–H and O–H groups in total. The summed E-state index contributed by atoms with van der Waals surface area (Å²) in [4.78, 5) is 0. The van der Waals surface area contributed by atoms with Crippen LogP contribution in [0.3, 0.4) is 0 Å². The van der Waals surface area contributed by atoms with Crippen molar-refractivity contribution < 1.29 is 76.1 Å². The summed E-state index contributed by atoms with van der Waals surface area (Å²) in [5, 5.41) is 0. The standard InChI is InChI=1S/ClH.H2O4S.O.3Zn/c;1-5(2,3)4;;;;/h1H;(H2,1,2,3,4);;;;/q;;;;;+1/p-1. The molecular formula is H2ClO5SZn3. The molecule has 0 saturated heterocycles. The van der Waals surface area contributed by atoms with E-state index in [1.165, 1.54) is 0 Å². The Labute approximate surface area is 95.3 Å². The quantitative estimate of drug-likeness (QED) is 0.473. The fraction of sp³-hybridized carbons (Fsp3) is 0. The van der Waals surface area contributed by atoms with Gasteiger partial charge in [-0.25, -0.2) is 0 Å². The van der Waals surface area contributed by atoms with Crippen LogP contribution in [0.4, 0.5) is 0 Å². The van der Waals surface area contributed by atoms with Crippen LogP contribution in [0.1, 0.15) is 0 Å². The summed E-state index contributed by atoms with van der Waals surface area (Å²) in [5.74, 6) is 0. The Hall–Kier alpha value is 1.83. The van der Waals surface area contributed by atoms with Crippen LogP contribution < -0.4 is 0 Å². The molecule has 0 aliphatic carbocycles. The molecule has 0 aromatic rings. The molecule has 0 bridgehead atoms. The summed E-state index contributed by atoms with van der Waals surface area (Å²) in [5.41, 5.74) is 0. The van der Waals surface area contributed by atoms with Crippen LogP contribution in [-0.2, 0) is 69.0 Å². The molecule has 0 amide bonds. The molecule has 10 heavy (non-hydrogen) atoms. The zero-order chi connectivity index (χ0) is 8.50. The van der Waals surface area contributed by atoms with Gasteiger partial charge in [-0.2, -0.15) is 8.42 Å². The summed E-state index contributed by atoms with van der Waals surface area (Å²) in [7, 11) is 0.0972. The monoisotopic (exact) mass is 341 g/mol. The molecular weight excluding hydrogens is 344 g/mol. The average molecular weight is 346 g/mol. The maximum Gasteiger partial charge on any atom is 0 e. The zero-order valence-electron chi connectivity index (χ0n) is 5.03. The maximum atomic E-state index is 8.74. The van der Waals surface area contributed by atoms with Gasteiger partial charge in [0.05, 0.1) is 0 Å². The van der Waals surface area contributed by atoms with Crippen molar-refractivity contribution in [3.63, 3.8) is 0 Å². The van der Waals surface area contributed by atoms with E-state index in [9.17, 15) is 0 Å². The first-order valence-corrected chi connectivity index (χ1v) is 7.76. The molecule has 0 unspecified atom stereocenters. The van der Waals surface area contributed by atoms with Gasteiger partial charge in [0.2, 0.25) is 0 Å². The third-order valence-electron chi connectivity index (χ3n) is 0. The van der Waals surface area contributed by atoms with Gasteiger partial charge < -0.3 is 0 Å². The van der Waals surface area contributed by atoms with Crippen LogP contribution in [0, 0.1) is 0 Å².